The summed E-state index contributed by atoms with van der Waals surface area (Å²) in [5.41, 5.74) is 3.70. The maximum absolute atomic E-state index is 13.2. The van der Waals surface area contributed by atoms with Crippen LogP contribution in [0.1, 0.15) is 12.0 Å². The first-order valence-electron chi connectivity index (χ1n) is 9.52. The van der Waals surface area contributed by atoms with E-state index in [1.54, 1.807) is 12.3 Å². The monoisotopic (exact) mass is 498 g/mol. The molecule has 2 aromatic carbocycles. The number of carboxylic acid groups (broad SMARTS) is 1. The second kappa shape index (κ2) is 7.43. The van der Waals surface area contributed by atoms with Gasteiger partial charge >= 0.3 is 188 Å². The Morgan fingerprint density at radius 3 is 2.71 bits per heavy atom. The molecule has 1 radical (unpaired) electrons. The number of carbonyl (C=O) groups is 2. The Morgan fingerprint density at radius 2 is 2.00 bits per heavy atom. The van der Waals surface area contributed by atoms with Crippen molar-refractivity contribution in [1.29, 1.82) is 0 Å². The third kappa shape index (κ3) is 3.62. The molecule has 155 valence electrons. The number of benzene rings is 2. The van der Waals surface area contributed by atoms with Crippen LogP contribution in [-0.4, -0.2) is 52.2 Å². The van der Waals surface area contributed by atoms with Crippen molar-refractivity contribution < 1.29 is 19.1 Å². The normalized spacial score (nSPS) is 18.3. The van der Waals surface area contributed by atoms with E-state index in [1.165, 1.54) is 6.33 Å². The fourth-order valence-electron chi connectivity index (χ4n) is 3.66. The average Bonchev–Trinajstić information content (AvgIpc) is 3.31. The number of aromatic nitrogens is 3. The number of halogens is 2. The molecule has 1 aliphatic rings. The van der Waals surface area contributed by atoms with Crippen molar-refractivity contribution in [3.63, 3.8) is 0 Å². The number of fused-ring (bicyclic) bond motifs is 2. The third-order valence-electron chi connectivity index (χ3n) is 5.44. The van der Waals surface area contributed by atoms with Gasteiger partial charge in [0.05, 0.1) is 0 Å². The van der Waals surface area contributed by atoms with Gasteiger partial charge in [-0.15, -0.1) is 0 Å². The third-order valence-corrected chi connectivity index (χ3v) is 7.90. The number of alkyl halides is 1. The molecule has 31 heavy (non-hydrogen) atoms. The van der Waals surface area contributed by atoms with Crippen LogP contribution < -0.4 is 4.48 Å². The minimum absolute atomic E-state index is 0.0341. The van der Waals surface area contributed by atoms with Crippen LogP contribution in [0, 0.1) is 12.8 Å². The number of nitrogens with zero attached hydrogens (tertiary/aromatic N) is 3. The van der Waals surface area contributed by atoms with Crippen molar-refractivity contribution in [3.05, 3.63) is 53.4 Å². The van der Waals surface area contributed by atoms with Crippen molar-refractivity contribution in [2.24, 2.45) is 5.92 Å². The number of carbonyl (C=O) groups excluding carboxylic acids is 1. The van der Waals surface area contributed by atoms with Gasteiger partial charge < -0.3 is 0 Å². The van der Waals surface area contributed by atoms with Crippen molar-refractivity contribution in [2.75, 3.05) is 0 Å². The van der Waals surface area contributed by atoms with Crippen LogP contribution in [0.2, 0.25) is 5.02 Å². The van der Waals surface area contributed by atoms with Crippen LogP contribution in [-0.2, 0) is 4.79 Å². The Morgan fingerprint density at radius 1 is 1.23 bits per heavy atom. The maximum atomic E-state index is 13.2. The van der Waals surface area contributed by atoms with E-state index in [0.29, 0.717) is 27.0 Å². The Kier molecular flexibility index (Phi) is 4.83. The standard InChI is InChI=1S/C22H15AsClFN3O3/c1-10-2-19-18(27-9-28(19)22(30)31)7-13(10)11-3-12-5-20(23-21(29)14-6-17(14)25)26-8-15(12)16(24)4-11/h2-5,7-9,14,17H,6H2,1H3,(H,30,31). The van der Waals surface area contributed by atoms with Crippen molar-refractivity contribution in [2.45, 2.75) is 19.5 Å². The predicted molar refractivity (Wildman–Crippen MR) is 117 cm³/mol. The number of aryl methyl sites for hydroxylation is 1. The molecule has 1 N–H and O–H groups in total. The molecule has 1 saturated carbocycles. The SMILES string of the molecule is Cc1cc2c(cc1-c1cc(Cl)c3cnc([As]C(=O)C4CC4F)cc3c1)ncn2C(=O)O. The summed E-state index contributed by atoms with van der Waals surface area (Å²) < 4.78 is 14.9. The van der Waals surface area contributed by atoms with Gasteiger partial charge in [0.15, 0.2) is 0 Å². The van der Waals surface area contributed by atoms with E-state index in [0.717, 1.165) is 32.0 Å². The van der Waals surface area contributed by atoms with E-state index in [-0.39, 0.29) is 4.57 Å². The summed E-state index contributed by atoms with van der Waals surface area (Å²) in [6.45, 7) is 1.90. The van der Waals surface area contributed by atoms with Crippen LogP contribution in [0.3, 0.4) is 0 Å². The zero-order chi connectivity index (χ0) is 21.9. The first kappa shape index (κ1) is 20.2. The van der Waals surface area contributed by atoms with Gasteiger partial charge in [0.25, 0.3) is 0 Å². The molecule has 5 rings (SSSR count). The molecule has 9 heteroatoms. The molecule has 0 bridgehead atoms. The van der Waals surface area contributed by atoms with Gasteiger partial charge in [-0.1, -0.05) is 0 Å². The fourth-order valence-corrected chi connectivity index (χ4v) is 5.98. The van der Waals surface area contributed by atoms with Crippen LogP contribution >= 0.6 is 11.6 Å². The fraction of sp³-hybridized carbons (Fsp3) is 0.182. The van der Waals surface area contributed by atoms with Crippen LogP contribution in [0.15, 0.2) is 42.9 Å². The van der Waals surface area contributed by atoms with E-state index < -0.39 is 33.9 Å². The molecule has 2 heterocycles. The zero-order valence-corrected chi connectivity index (χ0v) is 18.8. The van der Waals surface area contributed by atoms with Gasteiger partial charge in [-0.25, -0.2) is 0 Å². The summed E-state index contributed by atoms with van der Waals surface area (Å²) in [6.07, 6.45) is 1.18. The second-order valence-corrected chi connectivity index (χ2v) is 10.3. The first-order valence-corrected chi connectivity index (χ1v) is 11.8. The molecule has 4 aromatic rings. The van der Waals surface area contributed by atoms with Gasteiger partial charge in [-0.2, -0.15) is 0 Å². The van der Waals surface area contributed by atoms with Crippen LogP contribution in [0.5, 0.6) is 0 Å². The van der Waals surface area contributed by atoms with Gasteiger partial charge in [-0.3, -0.25) is 0 Å². The molecule has 0 amide bonds. The van der Waals surface area contributed by atoms with E-state index in [9.17, 15) is 19.1 Å². The van der Waals surface area contributed by atoms with Crippen molar-refractivity contribution in [1.82, 2.24) is 14.5 Å². The van der Waals surface area contributed by atoms with E-state index in [2.05, 4.69) is 9.97 Å². The Labute approximate surface area is 187 Å². The second-order valence-electron chi connectivity index (χ2n) is 7.58. The van der Waals surface area contributed by atoms with Crippen molar-refractivity contribution in [3.8, 4) is 11.1 Å². The number of rotatable bonds is 4. The molecule has 6 nitrogen and oxygen atoms in total. The summed E-state index contributed by atoms with van der Waals surface area (Å²) in [4.78, 5) is 32.1. The number of imidazole rings is 1. The summed E-state index contributed by atoms with van der Waals surface area (Å²) in [5.74, 6) is -0.451. The molecule has 1 fully saturated rings. The molecule has 0 aliphatic heterocycles. The van der Waals surface area contributed by atoms with Gasteiger partial charge in [0.2, 0.25) is 0 Å². The van der Waals surface area contributed by atoms with E-state index in [1.807, 2.05) is 31.2 Å². The molecule has 2 unspecified atom stereocenters. The van der Waals surface area contributed by atoms with Crippen molar-refractivity contribution >= 4 is 64.3 Å². The minimum atomic E-state index is -1.09. The molecule has 0 saturated heterocycles. The molecule has 1 aliphatic carbocycles. The number of hydrogen-bond donors (Lipinski definition) is 1. The Bertz CT molecular complexity index is 1400. The summed E-state index contributed by atoms with van der Waals surface area (Å²) in [5, 5.41) is 11.4. The quantitative estimate of drug-likeness (QED) is 0.431. The molecule has 2 atom stereocenters. The average molecular weight is 499 g/mol. The first-order chi connectivity index (χ1) is 14.8. The summed E-state index contributed by atoms with van der Waals surface area (Å²) in [6, 6.07) is 9.28. The molecular weight excluding hydrogens is 484 g/mol. The summed E-state index contributed by atoms with van der Waals surface area (Å²) in [7, 11) is 0. The Hall–Kier alpha value is -2.76. The predicted octanol–water partition coefficient (Wildman–Crippen LogP) is 3.95. The number of pyridine rings is 1. The van der Waals surface area contributed by atoms with Crippen LogP contribution in [0.4, 0.5) is 9.18 Å². The molecule has 2 aromatic heterocycles. The number of hydrogen-bond acceptors (Lipinski definition) is 4. The van der Waals surface area contributed by atoms with Gasteiger partial charge in [-0.05, 0) is 0 Å². The molecule has 0 spiro atoms. The van der Waals surface area contributed by atoms with Gasteiger partial charge in [0, 0.05) is 0 Å². The zero-order valence-electron chi connectivity index (χ0n) is 16.2. The summed E-state index contributed by atoms with van der Waals surface area (Å²) >= 11 is 5.66. The van der Waals surface area contributed by atoms with Gasteiger partial charge in [0.1, 0.15) is 0 Å². The Balaban J connectivity index is 1.57. The van der Waals surface area contributed by atoms with E-state index in [4.69, 9.17) is 11.6 Å². The topological polar surface area (TPSA) is 85.1 Å². The van der Waals surface area contributed by atoms with Crippen LogP contribution in [0.25, 0.3) is 32.9 Å². The molecular formula is C22H15AsClFN3O3. The van der Waals surface area contributed by atoms with E-state index >= 15 is 0 Å².